The summed E-state index contributed by atoms with van der Waals surface area (Å²) in [5, 5.41) is 8.65. The van der Waals surface area contributed by atoms with E-state index in [1.807, 2.05) is 0 Å². The van der Waals surface area contributed by atoms with Crippen LogP contribution in [0.3, 0.4) is 0 Å². The summed E-state index contributed by atoms with van der Waals surface area (Å²) >= 11 is 0. The molecule has 0 amide bonds. The van der Waals surface area contributed by atoms with Gasteiger partial charge in [-0.3, -0.25) is 0 Å². The van der Waals surface area contributed by atoms with E-state index in [9.17, 15) is 0 Å². The second-order valence-corrected chi connectivity index (χ2v) is 17.5. The highest BCUT2D eigenvalue weighted by Crippen LogP contribution is 2.50. The minimum atomic E-state index is -1.86. The molecule has 2 nitrogen and oxygen atoms in total. The minimum Gasteiger partial charge on any atom is -0.340 e. The lowest BCUT2D eigenvalue weighted by Gasteiger charge is -2.37. The van der Waals surface area contributed by atoms with Gasteiger partial charge in [-0.25, -0.2) is 0 Å². The van der Waals surface area contributed by atoms with Crippen LogP contribution < -0.4 is 20.2 Å². The highest BCUT2D eigenvalue weighted by Gasteiger charge is 2.38. The van der Waals surface area contributed by atoms with Crippen LogP contribution in [0, 0.1) is 0 Å². The fourth-order valence-electron chi connectivity index (χ4n) is 8.44. The highest BCUT2D eigenvalue weighted by atomic mass is 28.3. The molecule has 0 atom stereocenters. The Morgan fingerprint density at radius 3 is 1.63 bits per heavy atom. The average Bonchev–Trinajstić information content (AvgIpc) is 3.28. The lowest BCUT2D eigenvalue weighted by Crippen LogP contribution is -2.49. The molecule has 0 bridgehead atoms. The van der Waals surface area contributed by atoms with Crippen LogP contribution in [0.1, 0.15) is 24.0 Å². The lowest BCUT2D eigenvalue weighted by atomic mass is 9.91. The molecule has 3 heteroatoms. The van der Waals surface area contributed by atoms with Crippen molar-refractivity contribution in [3.8, 4) is 11.1 Å². The fraction of sp³-hybridized carbons (Fsp3) is 0.200. The van der Waals surface area contributed by atoms with E-state index in [0.29, 0.717) is 0 Å². The molecule has 0 fully saturated rings. The van der Waals surface area contributed by atoms with Gasteiger partial charge in [-0.15, -0.1) is 0 Å². The number of nitrogens with zero attached hydrogens (tertiary/aromatic N) is 2. The van der Waals surface area contributed by atoms with Crippen molar-refractivity contribution in [3.05, 3.63) is 120 Å². The number of hydrogen-bond acceptors (Lipinski definition) is 2. The average molecular weight is 573 g/mol. The van der Waals surface area contributed by atoms with Gasteiger partial charge in [0.05, 0.1) is 11.4 Å². The zero-order chi connectivity index (χ0) is 28.7. The first-order chi connectivity index (χ1) is 21.1. The van der Waals surface area contributed by atoms with Gasteiger partial charge in [0.2, 0.25) is 0 Å². The SMILES string of the molecule is C[Si]1(C)c2ccccc2-c2cc3c(N4CCCc5ccccc54)c4ccccc4c(N4CCCc5ccccc54)c3cc21. The number of benzene rings is 6. The molecule has 0 aliphatic carbocycles. The maximum absolute atomic E-state index is 2.65. The molecule has 0 saturated heterocycles. The van der Waals surface area contributed by atoms with Gasteiger partial charge in [-0.1, -0.05) is 104 Å². The molecule has 6 aromatic rings. The normalized spacial score (nSPS) is 16.6. The summed E-state index contributed by atoms with van der Waals surface area (Å²) in [6.45, 7) is 7.17. The highest BCUT2D eigenvalue weighted by molar-refractivity contribution is 7.04. The summed E-state index contributed by atoms with van der Waals surface area (Å²) < 4.78 is 0. The predicted molar refractivity (Wildman–Crippen MR) is 187 cm³/mol. The second kappa shape index (κ2) is 9.33. The van der Waals surface area contributed by atoms with Crippen molar-refractivity contribution in [2.24, 2.45) is 0 Å². The molecule has 0 saturated carbocycles. The van der Waals surface area contributed by atoms with Crippen molar-refractivity contribution in [1.82, 2.24) is 0 Å². The molecule has 9 rings (SSSR count). The summed E-state index contributed by atoms with van der Waals surface area (Å²) in [6, 6.07) is 41.8. The molecule has 0 unspecified atom stereocenters. The van der Waals surface area contributed by atoms with E-state index in [1.165, 1.54) is 79.4 Å². The standard InChI is InChI=1S/C40H36N2Si/c1-43(2)37-22-10-7-17-29(37)32-25-33-34(26-38(32)43)40(42-24-12-16-28-14-4-9-21-36(28)42)31-19-6-5-18-30(31)39(33)41-23-11-15-27-13-3-8-20-35(27)41/h3-10,13-14,17-22,25-26H,11-12,15-16,23-24H2,1-2H3. The van der Waals surface area contributed by atoms with Gasteiger partial charge in [-0.05, 0) is 76.5 Å². The summed E-state index contributed by atoms with van der Waals surface area (Å²) in [6.07, 6.45) is 4.64. The van der Waals surface area contributed by atoms with Crippen molar-refractivity contribution in [2.45, 2.75) is 38.8 Å². The number of fused-ring (bicyclic) bond motifs is 7. The third-order valence-corrected chi connectivity index (χ3v) is 14.0. The van der Waals surface area contributed by atoms with Crippen LogP contribution in [0.4, 0.5) is 22.7 Å². The van der Waals surface area contributed by atoms with Crippen molar-refractivity contribution in [3.63, 3.8) is 0 Å². The predicted octanol–water partition coefficient (Wildman–Crippen LogP) is 8.96. The molecule has 210 valence electrons. The van der Waals surface area contributed by atoms with Crippen LogP contribution in [0.5, 0.6) is 0 Å². The molecular weight excluding hydrogens is 537 g/mol. The van der Waals surface area contributed by atoms with Gasteiger partial charge in [0.1, 0.15) is 8.07 Å². The fourth-order valence-corrected chi connectivity index (χ4v) is 11.5. The van der Waals surface area contributed by atoms with Crippen molar-refractivity contribution in [2.75, 3.05) is 22.9 Å². The Kier molecular flexibility index (Phi) is 5.46. The smallest absolute Gasteiger partial charge is 0.113 e. The second-order valence-electron chi connectivity index (χ2n) is 13.1. The Labute approximate surface area is 255 Å². The van der Waals surface area contributed by atoms with E-state index >= 15 is 0 Å². The minimum absolute atomic E-state index is 1.04. The maximum atomic E-state index is 2.65. The monoisotopic (exact) mass is 572 g/mol. The van der Waals surface area contributed by atoms with Gasteiger partial charge in [0.25, 0.3) is 0 Å². The van der Waals surface area contributed by atoms with E-state index in [4.69, 9.17) is 0 Å². The van der Waals surface area contributed by atoms with E-state index in [2.05, 4.69) is 132 Å². The molecule has 0 radical (unpaired) electrons. The molecule has 3 aliphatic rings. The summed E-state index contributed by atoms with van der Waals surface area (Å²) in [5.74, 6) is 0. The van der Waals surface area contributed by atoms with Crippen LogP contribution in [-0.4, -0.2) is 21.2 Å². The van der Waals surface area contributed by atoms with Crippen molar-refractivity contribution in [1.29, 1.82) is 0 Å². The molecule has 0 N–H and O–H groups in total. The number of para-hydroxylation sites is 2. The van der Waals surface area contributed by atoms with Crippen molar-refractivity contribution >= 4 is 62.7 Å². The first-order valence-corrected chi connectivity index (χ1v) is 18.9. The molecule has 0 spiro atoms. The Balaban J connectivity index is 1.44. The Hall–Kier alpha value is -4.34. The number of hydrogen-bond donors (Lipinski definition) is 0. The molecule has 6 aromatic carbocycles. The third-order valence-electron chi connectivity index (χ3n) is 10.4. The zero-order valence-electron chi connectivity index (χ0n) is 25.0. The van der Waals surface area contributed by atoms with Gasteiger partial charge in [-0.2, -0.15) is 0 Å². The number of anilines is 4. The topological polar surface area (TPSA) is 6.48 Å². The molecular formula is C40H36N2Si. The lowest BCUT2D eigenvalue weighted by molar-refractivity contribution is 0.768. The largest absolute Gasteiger partial charge is 0.340 e. The van der Waals surface area contributed by atoms with Gasteiger partial charge >= 0.3 is 0 Å². The Bertz CT molecular complexity index is 2090. The van der Waals surface area contributed by atoms with E-state index < -0.39 is 8.07 Å². The molecule has 43 heavy (non-hydrogen) atoms. The molecule has 3 heterocycles. The van der Waals surface area contributed by atoms with E-state index in [1.54, 1.807) is 10.4 Å². The first kappa shape index (κ1) is 25.2. The van der Waals surface area contributed by atoms with Gasteiger partial charge in [0, 0.05) is 46.0 Å². The molecule has 3 aliphatic heterocycles. The van der Waals surface area contributed by atoms with Crippen LogP contribution in [-0.2, 0) is 12.8 Å². The molecule has 0 aromatic heterocycles. The Morgan fingerprint density at radius 2 is 1.00 bits per heavy atom. The maximum Gasteiger partial charge on any atom is 0.113 e. The van der Waals surface area contributed by atoms with Gasteiger partial charge in [0.15, 0.2) is 0 Å². The quantitative estimate of drug-likeness (QED) is 0.151. The number of rotatable bonds is 2. The summed E-state index contributed by atoms with van der Waals surface area (Å²) in [7, 11) is -1.86. The van der Waals surface area contributed by atoms with Crippen LogP contribution in [0.15, 0.2) is 109 Å². The Morgan fingerprint density at radius 1 is 0.488 bits per heavy atom. The third kappa shape index (κ3) is 3.58. The summed E-state index contributed by atoms with van der Waals surface area (Å²) in [5.41, 5.74) is 11.3. The zero-order valence-corrected chi connectivity index (χ0v) is 26.0. The summed E-state index contributed by atoms with van der Waals surface area (Å²) in [4.78, 5) is 5.30. The van der Waals surface area contributed by atoms with Gasteiger partial charge < -0.3 is 9.80 Å². The van der Waals surface area contributed by atoms with E-state index in [-0.39, 0.29) is 0 Å². The van der Waals surface area contributed by atoms with Crippen LogP contribution in [0.25, 0.3) is 32.7 Å². The van der Waals surface area contributed by atoms with Crippen LogP contribution >= 0.6 is 0 Å². The van der Waals surface area contributed by atoms with Crippen LogP contribution in [0.2, 0.25) is 13.1 Å². The number of aryl methyl sites for hydroxylation is 2. The first-order valence-electron chi connectivity index (χ1n) is 15.9. The van der Waals surface area contributed by atoms with Crippen molar-refractivity contribution < 1.29 is 0 Å². The van der Waals surface area contributed by atoms with E-state index in [0.717, 1.165) is 25.9 Å².